The number of fused-ring (bicyclic) bond motifs is 1. The van der Waals surface area contributed by atoms with Crippen molar-refractivity contribution < 1.29 is 14.7 Å². The van der Waals surface area contributed by atoms with Crippen molar-refractivity contribution in [1.82, 2.24) is 10.3 Å². The van der Waals surface area contributed by atoms with E-state index >= 15 is 0 Å². The van der Waals surface area contributed by atoms with Crippen LogP contribution in [-0.2, 0) is 4.79 Å². The largest absolute Gasteiger partial charge is 0.481 e. The van der Waals surface area contributed by atoms with Crippen molar-refractivity contribution in [1.29, 1.82) is 0 Å². The molecule has 0 spiro atoms. The van der Waals surface area contributed by atoms with Crippen LogP contribution in [0.15, 0.2) is 30.5 Å². The third-order valence-corrected chi connectivity index (χ3v) is 2.69. The second kappa shape index (κ2) is 5.35. The van der Waals surface area contributed by atoms with Crippen molar-refractivity contribution in [3.05, 3.63) is 36.0 Å². The highest BCUT2D eigenvalue weighted by Gasteiger charge is 2.09. The summed E-state index contributed by atoms with van der Waals surface area (Å²) >= 11 is 0. The highest BCUT2D eigenvalue weighted by atomic mass is 16.4. The van der Waals surface area contributed by atoms with Crippen LogP contribution in [0.25, 0.3) is 10.9 Å². The number of carboxylic acids is 1. The molecule has 2 rings (SSSR count). The highest BCUT2D eigenvalue weighted by Crippen LogP contribution is 2.17. The van der Waals surface area contributed by atoms with E-state index in [1.165, 1.54) is 0 Å². The van der Waals surface area contributed by atoms with Gasteiger partial charge in [-0.3, -0.25) is 9.59 Å². The maximum absolute atomic E-state index is 11.9. The maximum Gasteiger partial charge on any atom is 0.303 e. The van der Waals surface area contributed by atoms with Gasteiger partial charge in [0, 0.05) is 35.6 Å². The minimum Gasteiger partial charge on any atom is -0.481 e. The van der Waals surface area contributed by atoms with Crippen LogP contribution in [0.2, 0.25) is 0 Å². The number of aliphatic carboxylic acids is 1. The van der Waals surface area contributed by atoms with Gasteiger partial charge in [0.1, 0.15) is 0 Å². The topological polar surface area (TPSA) is 82.2 Å². The summed E-state index contributed by atoms with van der Waals surface area (Å²) in [7, 11) is 0. The fourth-order valence-electron chi connectivity index (χ4n) is 1.82. The van der Waals surface area contributed by atoms with Gasteiger partial charge >= 0.3 is 5.97 Å². The van der Waals surface area contributed by atoms with Crippen molar-refractivity contribution in [2.75, 3.05) is 6.54 Å². The van der Waals surface area contributed by atoms with E-state index in [-0.39, 0.29) is 12.3 Å². The molecule has 5 heteroatoms. The SMILES string of the molecule is O=C(O)CCCNC(=O)c1cccc2[nH]ccc12. The lowest BCUT2D eigenvalue weighted by molar-refractivity contribution is -0.137. The molecule has 0 aliphatic heterocycles. The van der Waals surface area contributed by atoms with E-state index in [0.717, 1.165) is 10.9 Å². The number of hydrogen-bond acceptors (Lipinski definition) is 2. The Hall–Kier alpha value is -2.30. The predicted molar refractivity (Wildman–Crippen MR) is 67.5 cm³/mol. The van der Waals surface area contributed by atoms with Crippen molar-refractivity contribution in [3.8, 4) is 0 Å². The van der Waals surface area contributed by atoms with Crippen LogP contribution < -0.4 is 5.32 Å². The third-order valence-electron chi connectivity index (χ3n) is 2.69. The summed E-state index contributed by atoms with van der Waals surface area (Å²) < 4.78 is 0. The molecule has 0 aliphatic rings. The van der Waals surface area contributed by atoms with Crippen LogP contribution in [0.3, 0.4) is 0 Å². The Balaban J connectivity index is 2.00. The van der Waals surface area contributed by atoms with Crippen LogP contribution in [-0.4, -0.2) is 28.5 Å². The molecule has 2 aromatic rings. The number of rotatable bonds is 5. The van der Waals surface area contributed by atoms with Crippen LogP contribution in [0.4, 0.5) is 0 Å². The van der Waals surface area contributed by atoms with E-state index in [1.54, 1.807) is 12.3 Å². The van der Waals surface area contributed by atoms with Crippen molar-refractivity contribution in [2.24, 2.45) is 0 Å². The quantitative estimate of drug-likeness (QED) is 0.703. The molecular formula is C13H14N2O3. The second-order valence-electron chi connectivity index (χ2n) is 4.00. The molecule has 0 unspecified atom stereocenters. The standard InChI is InChI=1S/C13H14N2O3/c16-12(17)5-2-7-15-13(18)10-3-1-4-11-9(10)6-8-14-11/h1,3-4,6,8,14H,2,5,7H2,(H,15,18)(H,16,17). The van der Waals surface area contributed by atoms with Gasteiger partial charge in [-0.1, -0.05) is 6.07 Å². The van der Waals surface area contributed by atoms with Crippen molar-refractivity contribution >= 4 is 22.8 Å². The number of aromatic nitrogens is 1. The predicted octanol–water partition coefficient (Wildman–Crippen LogP) is 1.76. The average Bonchev–Trinajstić information content (AvgIpc) is 2.82. The molecule has 0 saturated heterocycles. The Bertz CT molecular complexity index is 574. The van der Waals surface area contributed by atoms with Crippen molar-refractivity contribution in [3.63, 3.8) is 0 Å². The Labute approximate surface area is 104 Å². The number of nitrogens with one attached hydrogen (secondary N) is 2. The van der Waals surface area contributed by atoms with Gasteiger partial charge in [0.05, 0.1) is 0 Å². The monoisotopic (exact) mass is 246 g/mol. The highest BCUT2D eigenvalue weighted by molar-refractivity contribution is 6.06. The molecule has 1 amide bonds. The molecule has 18 heavy (non-hydrogen) atoms. The number of benzene rings is 1. The summed E-state index contributed by atoms with van der Waals surface area (Å²) in [5.41, 5.74) is 1.51. The molecule has 3 N–H and O–H groups in total. The first-order valence-electron chi connectivity index (χ1n) is 5.74. The molecule has 1 aromatic carbocycles. The summed E-state index contributed by atoms with van der Waals surface area (Å²) in [5, 5.41) is 12.1. The van der Waals surface area contributed by atoms with Gasteiger partial charge < -0.3 is 15.4 Å². The van der Waals surface area contributed by atoms with E-state index in [0.29, 0.717) is 18.5 Å². The number of carbonyl (C=O) groups is 2. The molecule has 94 valence electrons. The first-order valence-corrected chi connectivity index (χ1v) is 5.74. The fourth-order valence-corrected chi connectivity index (χ4v) is 1.82. The smallest absolute Gasteiger partial charge is 0.303 e. The Kier molecular flexibility index (Phi) is 3.62. The number of hydrogen-bond donors (Lipinski definition) is 3. The van der Waals surface area contributed by atoms with Crippen LogP contribution in [0.1, 0.15) is 23.2 Å². The first-order chi connectivity index (χ1) is 8.68. The minimum atomic E-state index is -0.850. The van der Waals surface area contributed by atoms with Gasteiger partial charge in [0.2, 0.25) is 0 Å². The summed E-state index contributed by atoms with van der Waals surface area (Å²) in [6.45, 7) is 0.367. The van der Waals surface area contributed by atoms with Gasteiger partial charge in [0.15, 0.2) is 0 Å². The van der Waals surface area contributed by atoms with Crippen molar-refractivity contribution in [2.45, 2.75) is 12.8 Å². The summed E-state index contributed by atoms with van der Waals surface area (Å²) in [6.07, 6.45) is 2.28. The average molecular weight is 246 g/mol. The molecule has 1 aromatic heterocycles. The van der Waals surface area contributed by atoms with E-state index < -0.39 is 5.97 Å². The molecule has 1 heterocycles. The molecule has 0 saturated carbocycles. The molecule has 0 radical (unpaired) electrons. The number of carboxylic acid groups (broad SMARTS) is 1. The second-order valence-corrected chi connectivity index (χ2v) is 4.00. The van der Waals surface area contributed by atoms with Crippen LogP contribution >= 0.6 is 0 Å². The summed E-state index contributed by atoms with van der Waals surface area (Å²) in [6, 6.07) is 7.31. The molecule has 0 bridgehead atoms. The van der Waals surface area contributed by atoms with E-state index in [2.05, 4.69) is 10.3 Å². The Morgan fingerprint density at radius 2 is 2.11 bits per heavy atom. The number of carbonyl (C=O) groups excluding carboxylic acids is 1. The normalized spacial score (nSPS) is 10.4. The summed E-state index contributed by atoms with van der Waals surface area (Å²) in [4.78, 5) is 25.3. The van der Waals surface area contributed by atoms with E-state index in [4.69, 9.17) is 5.11 Å². The Morgan fingerprint density at radius 1 is 1.28 bits per heavy atom. The molecule has 0 atom stereocenters. The van der Waals surface area contributed by atoms with Gasteiger partial charge in [-0.2, -0.15) is 0 Å². The van der Waals surface area contributed by atoms with Gasteiger partial charge in [-0.25, -0.2) is 0 Å². The lowest BCUT2D eigenvalue weighted by atomic mass is 10.1. The number of aromatic amines is 1. The first kappa shape index (κ1) is 12.2. The maximum atomic E-state index is 11.9. The zero-order valence-corrected chi connectivity index (χ0v) is 9.77. The molecule has 5 nitrogen and oxygen atoms in total. The zero-order chi connectivity index (χ0) is 13.0. The minimum absolute atomic E-state index is 0.0641. The number of amides is 1. The van der Waals surface area contributed by atoms with Gasteiger partial charge in [0.25, 0.3) is 5.91 Å². The molecular weight excluding hydrogens is 232 g/mol. The molecule has 0 aliphatic carbocycles. The zero-order valence-electron chi connectivity index (χ0n) is 9.77. The molecule has 0 fully saturated rings. The van der Waals surface area contributed by atoms with E-state index in [9.17, 15) is 9.59 Å². The lowest BCUT2D eigenvalue weighted by Crippen LogP contribution is -2.25. The van der Waals surface area contributed by atoms with Crippen LogP contribution in [0.5, 0.6) is 0 Å². The van der Waals surface area contributed by atoms with Gasteiger partial charge in [-0.05, 0) is 24.6 Å². The third kappa shape index (κ3) is 2.68. The van der Waals surface area contributed by atoms with Gasteiger partial charge in [-0.15, -0.1) is 0 Å². The fraction of sp³-hybridized carbons (Fsp3) is 0.231. The summed E-state index contributed by atoms with van der Waals surface area (Å²) in [5.74, 6) is -1.03. The van der Waals surface area contributed by atoms with E-state index in [1.807, 2.05) is 18.2 Å². The van der Waals surface area contributed by atoms with Crippen LogP contribution in [0, 0.1) is 0 Å². The number of H-pyrrole nitrogens is 1. The Morgan fingerprint density at radius 3 is 2.89 bits per heavy atom. The lowest BCUT2D eigenvalue weighted by Gasteiger charge is -2.05.